The van der Waals surface area contributed by atoms with Crippen molar-refractivity contribution in [2.24, 2.45) is 11.3 Å². The molecule has 1 rings (SSSR count). The smallest absolute Gasteiger partial charge is 0.323 e. The molecule has 126 valence electrons. The topological polar surface area (TPSA) is 74.7 Å². The molecule has 0 unspecified atom stereocenters. The second-order valence-corrected chi connectivity index (χ2v) is 8.04. The van der Waals surface area contributed by atoms with Crippen molar-refractivity contribution in [2.75, 3.05) is 12.3 Å². The summed E-state index contributed by atoms with van der Waals surface area (Å²) in [7, 11) is 0. The molecule has 0 spiro atoms. The van der Waals surface area contributed by atoms with Gasteiger partial charge in [0.1, 0.15) is 6.54 Å². The Morgan fingerprint density at radius 1 is 1.23 bits per heavy atom. The van der Waals surface area contributed by atoms with Crippen LogP contribution in [0.2, 0.25) is 0 Å². The minimum Gasteiger partial charge on any atom is -0.480 e. The molecule has 0 aromatic heterocycles. The summed E-state index contributed by atoms with van der Waals surface area (Å²) < 4.78 is 0. The number of carboxylic acid groups (broad SMARTS) is 1. The molecule has 1 saturated carbocycles. The highest BCUT2D eigenvalue weighted by molar-refractivity contribution is 8.13. The molecule has 1 amide bonds. The normalized spacial score (nSPS) is 17.3. The fraction of sp³-hybridized carbons (Fsp3) is 0.812. The number of carboxylic acids is 1. The summed E-state index contributed by atoms with van der Waals surface area (Å²) in [4.78, 5) is 37.0. The molecular formula is C16H27NO4S. The summed E-state index contributed by atoms with van der Waals surface area (Å²) in [6, 6.07) is 0.0365. The van der Waals surface area contributed by atoms with E-state index in [4.69, 9.17) is 5.11 Å². The van der Waals surface area contributed by atoms with Gasteiger partial charge < -0.3 is 10.0 Å². The molecule has 1 N–H and O–H groups in total. The summed E-state index contributed by atoms with van der Waals surface area (Å²) >= 11 is 1.16. The highest BCUT2D eigenvalue weighted by atomic mass is 32.2. The van der Waals surface area contributed by atoms with Crippen LogP contribution < -0.4 is 0 Å². The van der Waals surface area contributed by atoms with E-state index < -0.39 is 11.4 Å². The highest BCUT2D eigenvalue weighted by Gasteiger charge is 2.32. The van der Waals surface area contributed by atoms with Crippen molar-refractivity contribution >= 4 is 28.8 Å². The largest absolute Gasteiger partial charge is 0.480 e. The summed E-state index contributed by atoms with van der Waals surface area (Å²) in [6.45, 7) is 7.08. The van der Waals surface area contributed by atoms with Crippen molar-refractivity contribution in [1.82, 2.24) is 4.90 Å². The average molecular weight is 329 g/mol. The van der Waals surface area contributed by atoms with Crippen LogP contribution in [0.25, 0.3) is 0 Å². The number of thioether (sulfide) groups is 1. The third-order valence-corrected chi connectivity index (χ3v) is 5.39. The first-order valence-corrected chi connectivity index (χ1v) is 8.81. The molecule has 1 aliphatic rings. The average Bonchev–Trinajstić information content (AvgIpc) is 2.93. The van der Waals surface area contributed by atoms with Crippen LogP contribution in [0.15, 0.2) is 0 Å². The van der Waals surface area contributed by atoms with Crippen LogP contribution in [0.3, 0.4) is 0 Å². The van der Waals surface area contributed by atoms with E-state index in [9.17, 15) is 14.4 Å². The highest BCUT2D eigenvalue weighted by Crippen LogP contribution is 2.27. The number of rotatable bonds is 6. The Morgan fingerprint density at radius 3 is 2.23 bits per heavy atom. The van der Waals surface area contributed by atoms with Crippen LogP contribution in [0.5, 0.6) is 0 Å². The number of carbonyl (C=O) groups is 3. The standard InChI is InChI=1S/C16H27NO4S/c1-11(10-22-15(21)16(2,3)4)14(20)17(9-13(18)19)12-7-5-6-8-12/h11-12H,5-10H2,1-4H3,(H,18,19)/t11-/m0/s1. The van der Waals surface area contributed by atoms with Crippen LogP contribution in [0.4, 0.5) is 0 Å². The van der Waals surface area contributed by atoms with Crippen LogP contribution in [-0.2, 0) is 14.4 Å². The molecule has 1 aliphatic carbocycles. The van der Waals surface area contributed by atoms with E-state index in [1.165, 1.54) is 4.90 Å². The van der Waals surface area contributed by atoms with Gasteiger partial charge in [0, 0.05) is 23.1 Å². The van der Waals surface area contributed by atoms with E-state index >= 15 is 0 Å². The Bertz CT molecular complexity index is 424. The zero-order valence-corrected chi connectivity index (χ0v) is 14.7. The summed E-state index contributed by atoms with van der Waals surface area (Å²) in [5.41, 5.74) is -0.431. The first-order valence-electron chi connectivity index (χ1n) is 7.82. The van der Waals surface area contributed by atoms with E-state index in [0.29, 0.717) is 5.75 Å². The van der Waals surface area contributed by atoms with E-state index in [1.54, 1.807) is 6.92 Å². The van der Waals surface area contributed by atoms with E-state index in [-0.39, 0.29) is 29.5 Å². The minimum atomic E-state index is -0.981. The number of amides is 1. The molecule has 0 saturated heterocycles. The predicted octanol–water partition coefficient (Wildman–Crippen LogP) is 2.78. The molecule has 1 fully saturated rings. The summed E-state index contributed by atoms with van der Waals surface area (Å²) in [5, 5.41) is 9.10. The SMILES string of the molecule is C[C@@H](CSC(=O)C(C)(C)C)C(=O)N(CC(=O)O)C1CCCC1. The van der Waals surface area contributed by atoms with Gasteiger partial charge >= 0.3 is 5.97 Å². The van der Waals surface area contributed by atoms with Gasteiger partial charge in [0.05, 0.1) is 0 Å². The first kappa shape index (κ1) is 19.0. The summed E-state index contributed by atoms with van der Waals surface area (Å²) in [5.74, 6) is -1.08. The zero-order valence-electron chi connectivity index (χ0n) is 13.9. The van der Waals surface area contributed by atoms with Crippen molar-refractivity contribution in [3.63, 3.8) is 0 Å². The van der Waals surface area contributed by atoms with Gasteiger partial charge in [-0.1, -0.05) is 52.3 Å². The van der Waals surface area contributed by atoms with Gasteiger partial charge in [-0.05, 0) is 12.8 Å². The Morgan fingerprint density at radius 2 is 1.77 bits per heavy atom. The Hall–Kier alpha value is -1.04. The summed E-state index contributed by atoms with van der Waals surface area (Å²) in [6.07, 6.45) is 3.83. The van der Waals surface area contributed by atoms with E-state index in [1.807, 2.05) is 20.8 Å². The third kappa shape index (κ3) is 5.63. The fourth-order valence-corrected chi connectivity index (χ4v) is 3.50. The molecule has 0 aromatic carbocycles. The lowest BCUT2D eigenvalue weighted by Gasteiger charge is -2.30. The maximum absolute atomic E-state index is 12.6. The first-order chi connectivity index (χ1) is 10.1. The molecule has 0 radical (unpaired) electrons. The van der Waals surface area contributed by atoms with Crippen LogP contribution in [0, 0.1) is 11.3 Å². The molecule has 1 atom stereocenters. The van der Waals surface area contributed by atoms with E-state index in [0.717, 1.165) is 37.4 Å². The molecule has 0 bridgehead atoms. The maximum Gasteiger partial charge on any atom is 0.323 e. The Kier molecular flexibility index (Phi) is 6.91. The van der Waals surface area contributed by atoms with Gasteiger partial charge in [0.2, 0.25) is 5.91 Å². The lowest BCUT2D eigenvalue weighted by atomic mass is 10.00. The molecular weight excluding hydrogens is 302 g/mol. The van der Waals surface area contributed by atoms with Gasteiger partial charge in [0.25, 0.3) is 0 Å². The van der Waals surface area contributed by atoms with E-state index in [2.05, 4.69) is 0 Å². The molecule has 0 heterocycles. The number of aliphatic carboxylic acids is 1. The Labute approximate surface area is 136 Å². The predicted molar refractivity (Wildman–Crippen MR) is 87.7 cm³/mol. The third-order valence-electron chi connectivity index (χ3n) is 3.85. The molecule has 6 heteroatoms. The minimum absolute atomic E-state index is 0.0365. The van der Waals surface area contributed by atoms with Crippen LogP contribution in [-0.4, -0.2) is 45.3 Å². The monoisotopic (exact) mass is 329 g/mol. The quantitative estimate of drug-likeness (QED) is 0.811. The van der Waals surface area contributed by atoms with Gasteiger partial charge in [-0.25, -0.2) is 0 Å². The number of carbonyl (C=O) groups excluding carboxylic acids is 2. The van der Waals surface area contributed by atoms with Crippen molar-refractivity contribution < 1.29 is 19.5 Å². The fourth-order valence-electron chi connectivity index (χ4n) is 2.52. The molecule has 0 aliphatic heterocycles. The lowest BCUT2D eigenvalue weighted by molar-refractivity contribution is -0.147. The maximum atomic E-state index is 12.6. The molecule has 5 nitrogen and oxygen atoms in total. The van der Waals surface area contributed by atoms with Gasteiger partial charge in [-0.3, -0.25) is 14.4 Å². The van der Waals surface area contributed by atoms with Gasteiger partial charge in [-0.2, -0.15) is 0 Å². The Balaban J connectivity index is 2.63. The number of nitrogens with zero attached hydrogens (tertiary/aromatic N) is 1. The number of hydrogen-bond donors (Lipinski definition) is 1. The van der Waals surface area contributed by atoms with Crippen LogP contribution in [0.1, 0.15) is 53.4 Å². The second-order valence-electron chi connectivity index (χ2n) is 7.05. The van der Waals surface area contributed by atoms with Crippen molar-refractivity contribution in [3.8, 4) is 0 Å². The van der Waals surface area contributed by atoms with Gasteiger partial charge in [-0.15, -0.1) is 0 Å². The van der Waals surface area contributed by atoms with Crippen molar-refractivity contribution in [3.05, 3.63) is 0 Å². The number of hydrogen-bond acceptors (Lipinski definition) is 4. The molecule has 22 heavy (non-hydrogen) atoms. The molecule has 0 aromatic rings. The van der Waals surface area contributed by atoms with Gasteiger partial charge in [0.15, 0.2) is 5.12 Å². The zero-order chi connectivity index (χ0) is 16.9. The van der Waals surface area contributed by atoms with Crippen LogP contribution >= 0.6 is 11.8 Å². The lowest BCUT2D eigenvalue weighted by Crippen LogP contribution is -2.45. The van der Waals surface area contributed by atoms with Crippen molar-refractivity contribution in [1.29, 1.82) is 0 Å². The second kappa shape index (κ2) is 7.99. The van der Waals surface area contributed by atoms with Crippen molar-refractivity contribution in [2.45, 2.75) is 59.4 Å².